The first-order valence-corrected chi connectivity index (χ1v) is 6.27. The number of nitrogens with zero attached hydrogens (tertiary/aromatic N) is 2. The monoisotopic (exact) mass is 256 g/mol. The van der Waals surface area contributed by atoms with Crippen molar-refractivity contribution in [1.29, 1.82) is 0 Å². The Morgan fingerprint density at radius 3 is 2.86 bits per heavy atom. The van der Waals surface area contributed by atoms with Crippen LogP contribution in [0.3, 0.4) is 0 Å². The molecule has 1 aromatic rings. The summed E-state index contributed by atoms with van der Waals surface area (Å²) in [5, 5.41) is 4.39. The molecule has 1 aromatic heterocycles. The van der Waals surface area contributed by atoms with Crippen LogP contribution in [0.1, 0.15) is 50.8 Å². The third-order valence-electron chi connectivity index (χ3n) is 2.98. The largest absolute Gasteiger partial charge is 0.267 e. The van der Waals surface area contributed by atoms with E-state index in [0.29, 0.717) is 16.8 Å². The maximum Gasteiger partial charge on any atom is 0.0492 e. The fourth-order valence-electron chi connectivity index (χ4n) is 2.27. The second-order valence-corrected chi connectivity index (χ2v) is 5.70. The highest BCUT2D eigenvalue weighted by molar-refractivity contribution is 9.09. The van der Waals surface area contributed by atoms with Crippen molar-refractivity contribution in [3.63, 3.8) is 0 Å². The highest BCUT2D eigenvalue weighted by Crippen LogP contribution is 2.38. The Balaban J connectivity index is 2.19. The fraction of sp³-hybridized carbons (Fsp3) is 0.727. The molecule has 1 heterocycles. The van der Waals surface area contributed by atoms with Gasteiger partial charge < -0.3 is 0 Å². The van der Waals surface area contributed by atoms with Gasteiger partial charge in [-0.25, -0.2) is 0 Å². The van der Waals surface area contributed by atoms with Crippen molar-refractivity contribution in [1.82, 2.24) is 9.78 Å². The van der Waals surface area contributed by atoms with E-state index in [1.807, 2.05) is 6.20 Å². The Labute approximate surface area is 93.8 Å². The molecule has 0 bridgehead atoms. The van der Waals surface area contributed by atoms with Crippen molar-refractivity contribution in [3.8, 4) is 0 Å². The molecule has 1 fully saturated rings. The molecule has 2 rings (SSSR count). The molecular formula is C11H17BrN2. The van der Waals surface area contributed by atoms with Gasteiger partial charge in [-0.1, -0.05) is 15.9 Å². The summed E-state index contributed by atoms with van der Waals surface area (Å²) in [6, 6.07) is 2.66. The van der Waals surface area contributed by atoms with Crippen LogP contribution in [0.2, 0.25) is 0 Å². The molecule has 2 nitrogen and oxygen atoms in total. The van der Waals surface area contributed by atoms with Gasteiger partial charge in [-0.2, -0.15) is 5.10 Å². The minimum Gasteiger partial charge on any atom is -0.267 e. The first kappa shape index (κ1) is 10.2. The van der Waals surface area contributed by atoms with Crippen molar-refractivity contribution in [2.24, 2.45) is 0 Å². The molecule has 78 valence electrons. The van der Waals surface area contributed by atoms with Crippen LogP contribution in [0.5, 0.6) is 0 Å². The highest BCUT2D eigenvalue weighted by Gasteiger charge is 2.26. The highest BCUT2D eigenvalue weighted by atomic mass is 79.9. The summed E-state index contributed by atoms with van der Waals surface area (Å²) in [4.78, 5) is 0.711. The van der Waals surface area contributed by atoms with Crippen LogP contribution in [0.15, 0.2) is 12.3 Å². The van der Waals surface area contributed by atoms with E-state index in [9.17, 15) is 0 Å². The van der Waals surface area contributed by atoms with E-state index in [-0.39, 0.29) is 0 Å². The summed E-state index contributed by atoms with van der Waals surface area (Å²) in [6.45, 7) is 4.38. The summed E-state index contributed by atoms with van der Waals surface area (Å²) >= 11 is 3.70. The van der Waals surface area contributed by atoms with Gasteiger partial charge >= 0.3 is 0 Å². The number of halogens is 1. The molecule has 3 heteroatoms. The molecule has 2 unspecified atom stereocenters. The molecule has 0 amide bonds. The van der Waals surface area contributed by atoms with Crippen LogP contribution < -0.4 is 0 Å². The molecule has 14 heavy (non-hydrogen) atoms. The lowest BCUT2D eigenvalue weighted by molar-refractivity contribution is 0.485. The quantitative estimate of drug-likeness (QED) is 0.741. The third kappa shape index (κ3) is 1.88. The summed E-state index contributed by atoms with van der Waals surface area (Å²) in [5.74, 6) is 0.712. The Morgan fingerprint density at radius 1 is 1.50 bits per heavy atom. The molecular weight excluding hydrogens is 240 g/mol. The number of hydrogen-bond donors (Lipinski definition) is 0. The van der Waals surface area contributed by atoms with Crippen LogP contribution in [-0.4, -0.2) is 14.6 Å². The normalized spacial score (nSPS) is 27.4. The molecule has 0 aliphatic heterocycles. The Bertz CT molecular complexity index is 306. The van der Waals surface area contributed by atoms with Crippen molar-refractivity contribution < 1.29 is 0 Å². The Hall–Kier alpha value is -0.310. The maximum atomic E-state index is 4.39. The van der Waals surface area contributed by atoms with Gasteiger partial charge in [0.05, 0.1) is 0 Å². The van der Waals surface area contributed by atoms with E-state index in [1.165, 1.54) is 25.0 Å². The average Bonchev–Trinajstić information content (AvgIpc) is 2.70. The molecule has 0 N–H and O–H groups in total. The van der Waals surface area contributed by atoms with Crippen molar-refractivity contribution in [2.45, 2.75) is 49.9 Å². The predicted molar refractivity (Wildman–Crippen MR) is 61.9 cm³/mol. The van der Waals surface area contributed by atoms with E-state index >= 15 is 0 Å². The zero-order valence-electron chi connectivity index (χ0n) is 8.78. The van der Waals surface area contributed by atoms with E-state index < -0.39 is 0 Å². The first-order chi connectivity index (χ1) is 6.68. The molecule has 0 saturated heterocycles. The van der Waals surface area contributed by atoms with Crippen LogP contribution in [0.25, 0.3) is 0 Å². The lowest BCUT2D eigenvalue weighted by Crippen LogP contribution is -2.10. The predicted octanol–water partition coefficient (Wildman–Crippen LogP) is 3.50. The third-order valence-corrected chi connectivity index (χ3v) is 3.81. The zero-order valence-corrected chi connectivity index (χ0v) is 10.4. The van der Waals surface area contributed by atoms with Gasteiger partial charge in [0, 0.05) is 28.7 Å². The van der Waals surface area contributed by atoms with Crippen LogP contribution >= 0.6 is 15.9 Å². The van der Waals surface area contributed by atoms with Gasteiger partial charge in [-0.15, -0.1) is 0 Å². The van der Waals surface area contributed by atoms with E-state index in [4.69, 9.17) is 0 Å². The summed E-state index contributed by atoms with van der Waals surface area (Å²) < 4.78 is 2.16. The molecule has 1 aliphatic rings. The van der Waals surface area contributed by atoms with Crippen LogP contribution in [-0.2, 0) is 0 Å². The first-order valence-electron chi connectivity index (χ1n) is 5.36. The second kappa shape index (κ2) is 4.05. The van der Waals surface area contributed by atoms with Gasteiger partial charge in [-0.05, 0) is 39.2 Å². The summed E-state index contributed by atoms with van der Waals surface area (Å²) in [5.41, 5.74) is 1.42. The molecule has 2 atom stereocenters. The lowest BCUT2D eigenvalue weighted by atomic mass is 10.0. The van der Waals surface area contributed by atoms with E-state index in [2.05, 4.69) is 45.6 Å². The van der Waals surface area contributed by atoms with Gasteiger partial charge in [-0.3, -0.25) is 4.68 Å². The molecule has 1 saturated carbocycles. The van der Waals surface area contributed by atoms with Gasteiger partial charge in [0.1, 0.15) is 0 Å². The summed E-state index contributed by atoms with van der Waals surface area (Å²) in [6.07, 6.45) is 5.79. The lowest BCUT2D eigenvalue weighted by Gasteiger charge is -2.15. The van der Waals surface area contributed by atoms with Crippen molar-refractivity contribution in [2.75, 3.05) is 0 Å². The van der Waals surface area contributed by atoms with Gasteiger partial charge in [0.15, 0.2) is 0 Å². The standard InChI is InChI=1S/C11H17BrN2/c1-8(2)14-11(5-6-13-14)9-3-4-10(12)7-9/h5-6,8-10H,3-4,7H2,1-2H3. The fourth-order valence-corrected chi connectivity index (χ4v) is 2.99. The topological polar surface area (TPSA) is 17.8 Å². The number of alkyl halides is 1. The van der Waals surface area contributed by atoms with Crippen molar-refractivity contribution >= 4 is 15.9 Å². The average molecular weight is 257 g/mol. The maximum absolute atomic E-state index is 4.39. The molecule has 0 radical (unpaired) electrons. The van der Waals surface area contributed by atoms with Gasteiger partial charge in [0.25, 0.3) is 0 Å². The molecule has 0 aromatic carbocycles. The minimum atomic E-state index is 0.481. The summed E-state index contributed by atoms with van der Waals surface area (Å²) in [7, 11) is 0. The molecule has 0 spiro atoms. The Morgan fingerprint density at radius 2 is 2.29 bits per heavy atom. The van der Waals surface area contributed by atoms with Gasteiger partial charge in [0.2, 0.25) is 0 Å². The SMILES string of the molecule is CC(C)n1nccc1C1CCC(Br)C1. The van der Waals surface area contributed by atoms with E-state index in [1.54, 1.807) is 0 Å². The Kier molecular flexibility index (Phi) is 2.96. The smallest absolute Gasteiger partial charge is 0.0492 e. The number of aromatic nitrogens is 2. The zero-order chi connectivity index (χ0) is 10.1. The number of rotatable bonds is 2. The van der Waals surface area contributed by atoms with Crippen LogP contribution in [0.4, 0.5) is 0 Å². The number of hydrogen-bond acceptors (Lipinski definition) is 1. The van der Waals surface area contributed by atoms with Crippen LogP contribution in [0, 0.1) is 0 Å². The van der Waals surface area contributed by atoms with E-state index in [0.717, 1.165) is 0 Å². The minimum absolute atomic E-state index is 0.481. The second-order valence-electron chi connectivity index (χ2n) is 4.40. The van der Waals surface area contributed by atoms with Crippen molar-refractivity contribution in [3.05, 3.63) is 18.0 Å². The molecule has 1 aliphatic carbocycles.